The normalized spacial score (nSPS) is 20.5. The zero-order chi connectivity index (χ0) is 21.0. The molecule has 1 aliphatic carbocycles. The number of nitrogens with one attached hydrogen (secondary N) is 1. The van der Waals surface area contributed by atoms with Crippen LogP contribution in [0.4, 0.5) is 5.69 Å². The second-order valence-electron chi connectivity index (χ2n) is 7.30. The first-order valence-electron chi connectivity index (χ1n) is 9.75. The molecule has 1 aromatic heterocycles. The fourth-order valence-corrected chi connectivity index (χ4v) is 3.55. The maximum Gasteiger partial charge on any atom is 0.312 e. The van der Waals surface area contributed by atoms with E-state index in [0.29, 0.717) is 29.0 Å². The number of rotatable bonds is 7. The monoisotopic (exact) mass is 397 g/mol. The maximum absolute atomic E-state index is 10.3. The molecule has 154 valence electrons. The van der Waals surface area contributed by atoms with Crippen LogP contribution >= 0.6 is 0 Å². The number of nitrogens with zero attached hydrogens (tertiary/aromatic N) is 3. The molecule has 2 aromatic rings. The van der Waals surface area contributed by atoms with Crippen LogP contribution in [-0.2, 0) is 0 Å². The third-order valence-corrected chi connectivity index (χ3v) is 5.23. The van der Waals surface area contributed by atoms with Crippen molar-refractivity contribution in [3.8, 4) is 5.75 Å². The summed E-state index contributed by atoms with van der Waals surface area (Å²) in [5.74, 6) is 0.901. The average molecular weight is 397 g/mol. The van der Waals surface area contributed by atoms with Crippen LogP contribution in [0.25, 0.3) is 10.9 Å². The maximum atomic E-state index is 10.3. The predicted molar refractivity (Wildman–Crippen MR) is 115 cm³/mol. The summed E-state index contributed by atoms with van der Waals surface area (Å²) in [4.78, 5) is 0. The first-order chi connectivity index (χ1) is 13.9. The number of hydroxylamine groups is 1. The lowest BCUT2D eigenvalue weighted by molar-refractivity contribution is -0.736. The summed E-state index contributed by atoms with van der Waals surface area (Å²) in [5, 5.41) is 28.8. The van der Waals surface area contributed by atoms with Crippen LogP contribution in [-0.4, -0.2) is 43.8 Å². The summed E-state index contributed by atoms with van der Waals surface area (Å²) in [6.45, 7) is 9.29. The second-order valence-corrected chi connectivity index (χ2v) is 7.30. The first-order valence-corrected chi connectivity index (χ1v) is 9.75. The lowest BCUT2D eigenvalue weighted by atomic mass is 9.93. The van der Waals surface area contributed by atoms with Gasteiger partial charge in [0.25, 0.3) is 0 Å². The predicted octanol–water partition coefficient (Wildman–Crippen LogP) is 4.01. The van der Waals surface area contributed by atoms with Crippen LogP contribution in [0.15, 0.2) is 55.5 Å². The standard InChI is InChI=1S/C22H29N4O3/c1-5-6-7-15(2)26(28)16(3)23-21-12-17-14-25(18-8-10-19(27)11-9-18)24-20(17)13-22(21)29-4/h5-7,12-14,18-19,23,27-28H,1,3,8-11H2,2,4H3/q+1/b7-6-,26-15+. The number of aliphatic hydroxyl groups excluding tert-OH is 1. The Labute approximate surface area is 170 Å². The second kappa shape index (κ2) is 8.96. The van der Waals surface area contributed by atoms with E-state index in [1.165, 1.54) is 0 Å². The summed E-state index contributed by atoms with van der Waals surface area (Å²) in [6, 6.07) is 4.10. The highest BCUT2D eigenvalue weighted by Crippen LogP contribution is 2.33. The molecule has 0 spiro atoms. The van der Waals surface area contributed by atoms with Gasteiger partial charge in [-0.2, -0.15) is 5.10 Å². The number of aromatic nitrogens is 2. The fourth-order valence-electron chi connectivity index (χ4n) is 3.55. The van der Waals surface area contributed by atoms with Gasteiger partial charge in [-0.25, -0.2) is 5.32 Å². The molecule has 0 radical (unpaired) electrons. The van der Waals surface area contributed by atoms with Crippen molar-refractivity contribution in [3.63, 3.8) is 0 Å². The molecular weight excluding hydrogens is 368 g/mol. The molecule has 7 nitrogen and oxygen atoms in total. The van der Waals surface area contributed by atoms with Crippen LogP contribution in [0.3, 0.4) is 0 Å². The van der Waals surface area contributed by atoms with Gasteiger partial charge in [0.05, 0.1) is 24.8 Å². The molecule has 1 heterocycles. The van der Waals surface area contributed by atoms with Crippen molar-refractivity contribution in [3.05, 3.63) is 55.5 Å². The minimum absolute atomic E-state index is 0.193. The van der Waals surface area contributed by atoms with Crippen LogP contribution in [0.5, 0.6) is 5.75 Å². The minimum Gasteiger partial charge on any atom is -0.492 e. The van der Waals surface area contributed by atoms with Crippen molar-refractivity contribution < 1.29 is 19.8 Å². The number of hydrogen-bond donors (Lipinski definition) is 3. The van der Waals surface area contributed by atoms with Gasteiger partial charge < -0.3 is 15.1 Å². The van der Waals surface area contributed by atoms with Gasteiger partial charge in [-0.15, -0.1) is 0 Å². The molecule has 7 heteroatoms. The zero-order valence-corrected chi connectivity index (χ0v) is 17.0. The van der Waals surface area contributed by atoms with Crippen molar-refractivity contribution >= 4 is 22.3 Å². The summed E-state index contributed by atoms with van der Waals surface area (Å²) < 4.78 is 8.47. The number of allylic oxidation sites excluding steroid dienone is 3. The highest BCUT2D eigenvalue weighted by atomic mass is 16.5. The Kier molecular flexibility index (Phi) is 6.39. The summed E-state index contributed by atoms with van der Waals surface area (Å²) in [5.41, 5.74) is 2.11. The molecule has 3 rings (SSSR count). The van der Waals surface area contributed by atoms with Crippen LogP contribution in [0, 0.1) is 0 Å². The van der Waals surface area contributed by atoms with Gasteiger partial charge in [0.2, 0.25) is 0 Å². The highest BCUT2D eigenvalue weighted by molar-refractivity contribution is 5.89. The number of anilines is 1. The third kappa shape index (κ3) is 4.68. The smallest absolute Gasteiger partial charge is 0.312 e. The Morgan fingerprint density at radius 2 is 2.07 bits per heavy atom. The zero-order valence-electron chi connectivity index (χ0n) is 17.0. The van der Waals surface area contributed by atoms with E-state index in [2.05, 4.69) is 18.5 Å². The topological polar surface area (TPSA) is 82.6 Å². The average Bonchev–Trinajstić information content (AvgIpc) is 3.13. The molecule has 1 aromatic carbocycles. The van der Waals surface area contributed by atoms with E-state index in [1.807, 2.05) is 23.0 Å². The van der Waals surface area contributed by atoms with E-state index in [1.54, 1.807) is 32.3 Å². The van der Waals surface area contributed by atoms with Crippen molar-refractivity contribution in [1.82, 2.24) is 9.78 Å². The Morgan fingerprint density at radius 1 is 1.34 bits per heavy atom. The van der Waals surface area contributed by atoms with E-state index in [-0.39, 0.29) is 6.10 Å². The molecule has 3 N–H and O–H groups in total. The highest BCUT2D eigenvalue weighted by Gasteiger charge is 2.23. The molecule has 0 unspecified atom stereocenters. The molecular formula is C22H29N4O3+. The first kappa shape index (κ1) is 20.7. The minimum atomic E-state index is -0.193. The van der Waals surface area contributed by atoms with E-state index in [0.717, 1.165) is 41.3 Å². The molecule has 0 saturated heterocycles. The number of aliphatic hydroxyl groups is 1. The molecule has 1 saturated carbocycles. The largest absolute Gasteiger partial charge is 0.492 e. The van der Waals surface area contributed by atoms with Crippen LogP contribution < -0.4 is 10.1 Å². The van der Waals surface area contributed by atoms with E-state index in [9.17, 15) is 10.3 Å². The number of methoxy groups -OCH3 is 1. The quantitative estimate of drug-likeness (QED) is 0.216. The number of benzene rings is 1. The fraction of sp³-hybridized carbons (Fsp3) is 0.364. The lowest BCUT2D eigenvalue weighted by Gasteiger charge is -2.25. The van der Waals surface area contributed by atoms with Crippen LogP contribution in [0.2, 0.25) is 0 Å². The van der Waals surface area contributed by atoms with Gasteiger partial charge in [-0.3, -0.25) is 4.68 Å². The van der Waals surface area contributed by atoms with Crippen molar-refractivity contribution in [1.29, 1.82) is 0 Å². The summed E-state index contributed by atoms with van der Waals surface area (Å²) in [6.07, 6.45) is 10.4. The van der Waals surface area contributed by atoms with Gasteiger partial charge in [-0.1, -0.05) is 18.7 Å². The Balaban J connectivity index is 1.87. The van der Waals surface area contributed by atoms with Crippen molar-refractivity contribution in [2.45, 2.75) is 44.8 Å². The molecule has 1 aliphatic rings. The number of hydrogen-bond acceptors (Lipinski definition) is 5. The Hall–Kier alpha value is -3.06. The van der Waals surface area contributed by atoms with Gasteiger partial charge in [0, 0.05) is 24.6 Å². The Bertz CT molecular complexity index is 966. The van der Waals surface area contributed by atoms with Gasteiger partial charge in [0.15, 0.2) is 11.4 Å². The molecule has 0 atom stereocenters. The van der Waals surface area contributed by atoms with Crippen molar-refractivity contribution in [2.24, 2.45) is 0 Å². The molecule has 0 amide bonds. The van der Waals surface area contributed by atoms with Gasteiger partial charge in [0.1, 0.15) is 5.71 Å². The summed E-state index contributed by atoms with van der Waals surface area (Å²) >= 11 is 0. The SMILES string of the molecule is C=C/C=C\C(C)=[N+](\O)C(=C)Nc1cc2cn(C3CCC(O)CC3)nc2cc1OC. The lowest BCUT2D eigenvalue weighted by Crippen LogP contribution is -2.21. The van der Waals surface area contributed by atoms with Crippen molar-refractivity contribution in [2.75, 3.05) is 12.4 Å². The van der Waals surface area contributed by atoms with E-state index >= 15 is 0 Å². The van der Waals surface area contributed by atoms with E-state index in [4.69, 9.17) is 9.84 Å². The molecule has 1 fully saturated rings. The van der Waals surface area contributed by atoms with E-state index < -0.39 is 0 Å². The van der Waals surface area contributed by atoms with Crippen LogP contribution in [0.1, 0.15) is 38.6 Å². The number of fused-ring (bicyclic) bond motifs is 1. The molecule has 0 aliphatic heterocycles. The van der Waals surface area contributed by atoms with Gasteiger partial charge in [-0.05, 0) is 49.1 Å². The third-order valence-electron chi connectivity index (χ3n) is 5.23. The van der Waals surface area contributed by atoms with Gasteiger partial charge >= 0.3 is 5.82 Å². The number of ether oxygens (including phenoxy) is 1. The molecule has 0 bridgehead atoms. The Morgan fingerprint density at radius 3 is 2.72 bits per heavy atom. The summed E-state index contributed by atoms with van der Waals surface area (Å²) in [7, 11) is 1.59. The molecule has 29 heavy (non-hydrogen) atoms.